The summed E-state index contributed by atoms with van der Waals surface area (Å²) >= 11 is 2.35. The van der Waals surface area contributed by atoms with E-state index in [1.807, 2.05) is 6.92 Å². The molecule has 0 unspecified atom stereocenters. The molecule has 0 radical (unpaired) electrons. The molecule has 4 heteroatoms. The van der Waals surface area contributed by atoms with Crippen LogP contribution in [0.25, 0.3) is 22.4 Å². The van der Waals surface area contributed by atoms with E-state index in [1.165, 1.54) is 22.4 Å². The Morgan fingerprint density at radius 3 is 2.30 bits per heavy atom. The number of imidazole rings is 1. The van der Waals surface area contributed by atoms with Crippen molar-refractivity contribution < 1.29 is 4.74 Å². The van der Waals surface area contributed by atoms with Crippen molar-refractivity contribution in [2.75, 3.05) is 6.61 Å². The van der Waals surface area contributed by atoms with E-state index in [1.54, 1.807) is 0 Å². The zero-order valence-electron chi connectivity index (χ0n) is 16.5. The first-order valence-corrected chi connectivity index (χ1v) is 10.5. The van der Waals surface area contributed by atoms with E-state index < -0.39 is 0 Å². The van der Waals surface area contributed by atoms with Crippen molar-refractivity contribution in [3.8, 4) is 22.4 Å². The number of benzene rings is 2. The quantitative estimate of drug-likeness (QED) is 0.387. The lowest BCUT2D eigenvalue weighted by atomic mass is 9.96. The van der Waals surface area contributed by atoms with Gasteiger partial charge in [0.2, 0.25) is 0 Å². The molecule has 3 nitrogen and oxygen atoms in total. The summed E-state index contributed by atoms with van der Waals surface area (Å²) < 4.78 is 9.04. The van der Waals surface area contributed by atoms with E-state index in [0.717, 1.165) is 16.1 Å². The molecular formula is C23H27IN2O. The Morgan fingerprint density at radius 2 is 1.63 bits per heavy atom. The van der Waals surface area contributed by atoms with Gasteiger partial charge in [0.1, 0.15) is 16.1 Å². The summed E-state index contributed by atoms with van der Waals surface area (Å²) in [6.45, 7) is 10.9. The summed E-state index contributed by atoms with van der Waals surface area (Å²) in [4.78, 5) is 4.84. The molecule has 27 heavy (non-hydrogen) atoms. The number of ether oxygens (including phenoxy) is 1. The van der Waals surface area contributed by atoms with Gasteiger partial charge in [-0.3, -0.25) is 0 Å². The lowest BCUT2D eigenvalue weighted by molar-refractivity contribution is 0.124. The van der Waals surface area contributed by atoms with Crippen LogP contribution < -0.4 is 0 Å². The van der Waals surface area contributed by atoms with Crippen molar-refractivity contribution in [3.63, 3.8) is 0 Å². The average molecular weight is 474 g/mol. The number of nitrogens with zero attached hydrogens (tertiary/aromatic N) is 2. The summed E-state index contributed by atoms with van der Waals surface area (Å²) in [5.74, 6) is 0.997. The molecule has 0 fully saturated rings. The third kappa shape index (κ3) is 4.99. The smallest absolute Gasteiger partial charge is 0.136 e. The first-order valence-electron chi connectivity index (χ1n) is 9.37. The second kappa shape index (κ2) is 8.57. The fourth-order valence-corrected chi connectivity index (χ4v) is 4.05. The first kappa shape index (κ1) is 20.1. The van der Waals surface area contributed by atoms with Crippen LogP contribution in [0.4, 0.5) is 0 Å². The van der Waals surface area contributed by atoms with E-state index in [0.29, 0.717) is 13.2 Å². The van der Waals surface area contributed by atoms with Gasteiger partial charge in [0.05, 0.1) is 5.69 Å². The minimum Gasteiger partial charge on any atom is -0.374 e. The van der Waals surface area contributed by atoms with Gasteiger partial charge in [0.25, 0.3) is 0 Å². The minimum atomic E-state index is 0.149. The molecule has 0 saturated heterocycles. The van der Waals surface area contributed by atoms with Crippen LogP contribution in [0.3, 0.4) is 0 Å². The third-order valence-electron chi connectivity index (χ3n) is 4.31. The lowest BCUT2D eigenvalue weighted by Crippen LogP contribution is -2.19. The number of rotatable bonds is 6. The van der Waals surface area contributed by atoms with Gasteiger partial charge < -0.3 is 9.30 Å². The van der Waals surface area contributed by atoms with E-state index in [9.17, 15) is 0 Å². The van der Waals surface area contributed by atoms with Gasteiger partial charge in [-0.2, -0.15) is 0 Å². The Hall–Kier alpha value is -1.66. The van der Waals surface area contributed by atoms with E-state index >= 15 is 0 Å². The summed E-state index contributed by atoms with van der Waals surface area (Å²) in [6, 6.07) is 19.2. The first-order chi connectivity index (χ1) is 12.9. The zero-order chi connectivity index (χ0) is 19.4. The average Bonchev–Trinajstić information content (AvgIpc) is 2.94. The van der Waals surface area contributed by atoms with Crippen LogP contribution in [-0.2, 0) is 17.9 Å². The maximum Gasteiger partial charge on any atom is 0.136 e. The molecule has 0 aliphatic carbocycles. The Balaban J connectivity index is 2.09. The Labute approximate surface area is 175 Å². The fourth-order valence-electron chi connectivity index (χ4n) is 3.17. The third-order valence-corrected chi connectivity index (χ3v) is 5.07. The van der Waals surface area contributed by atoms with Gasteiger partial charge >= 0.3 is 0 Å². The molecule has 0 N–H and O–H groups in total. The van der Waals surface area contributed by atoms with Gasteiger partial charge in [0.15, 0.2) is 0 Å². The molecule has 0 aliphatic rings. The predicted octanol–water partition coefficient (Wildman–Crippen LogP) is 6.40. The molecule has 2 aromatic carbocycles. The lowest BCUT2D eigenvalue weighted by Gasteiger charge is -2.23. The van der Waals surface area contributed by atoms with Crippen molar-refractivity contribution >= 4 is 22.6 Å². The summed E-state index contributed by atoms with van der Waals surface area (Å²) in [5, 5.41) is 0. The molecule has 3 rings (SSSR count). The van der Waals surface area contributed by atoms with Crippen LogP contribution in [0.15, 0.2) is 54.6 Å². The molecular weight excluding hydrogens is 447 g/mol. The zero-order valence-corrected chi connectivity index (χ0v) is 18.7. The van der Waals surface area contributed by atoms with Crippen LogP contribution in [0, 0.1) is 9.12 Å². The topological polar surface area (TPSA) is 27.1 Å². The van der Waals surface area contributed by atoms with Crippen LogP contribution in [0.1, 0.15) is 33.5 Å². The summed E-state index contributed by atoms with van der Waals surface area (Å²) in [7, 11) is 0. The minimum absolute atomic E-state index is 0.149. The standard InChI is InChI=1S/C23H27IN2O/c1-5-27-15-20-25-22(24)21(26(20)16-23(2,3)4)19-13-9-12-18(14-19)17-10-7-6-8-11-17/h6-14H,5,15-16H2,1-4H3. The molecule has 0 spiro atoms. The monoisotopic (exact) mass is 474 g/mol. The molecule has 0 aliphatic heterocycles. The second-order valence-corrected chi connectivity index (χ2v) is 8.92. The molecule has 142 valence electrons. The van der Waals surface area contributed by atoms with E-state index in [2.05, 4.69) is 103 Å². The Kier molecular flexibility index (Phi) is 6.37. The number of hydrogen-bond acceptors (Lipinski definition) is 2. The molecule has 0 amide bonds. The number of halogens is 1. The highest BCUT2D eigenvalue weighted by atomic mass is 127. The predicted molar refractivity (Wildman–Crippen MR) is 121 cm³/mol. The van der Waals surface area contributed by atoms with Crippen molar-refractivity contribution in [2.24, 2.45) is 5.41 Å². The van der Waals surface area contributed by atoms with Crippen molar-refractivity contribution in [2.45, 2.75) is 40.8 Å². The van der Waals surface area contributed by atoms with Crippen molar-refractivity contribution in [1.82, 2.24) is 9.55 Å². The van der Waals surface area contributed by atoms with Crippen LogP contribution in [0.2, 0.25) is 0 Å². The molecule has 0 saturated carbocycles. The summed E-state index contributed by atoms with van der Waals surface area (Å²) in [6.07, 6.45) is 0. The molecule has 3 aromatic rings. The Morgan fingerprint density at radius 1 is 0.963 bits per heavy atom. The fraction of sp³-hybridized carbons (Fsp3) is 0.348. The SMILES string of the molecule is CCOCc1nc(I)c(-c2cccc(-c3ccccc3)c2)n1CC(C)(C)C. The van der Waals surface area contributed by atoms with Crippen LogP contribution in [0.5, 0.6) is 0 Å². The van der Waals surface area contributed by atoms with Gasteiger partial charge in [-0.1, -0.05) is 69.3 Å². The van der Waals surface area contributed by atoms with Crippen molar-refractivity contribution in [1.29, 1.82) is 0 Å². The van der Waals surface area contributed by atoms with Crippen LogP contribution in [-0.4, -0.2) is 16.2 Å². The van der Waals surface area contributed by atoms with E-state index in [-0.39, 0.29) is 5.41 Å². The number of aromatic nitrogens is 2. The summed E-state index contributed by atoms with van der Waals surface area (Å²) in [5.41, 5.74) is 4.97. The van der Waals surface area contributed by atoms with Crippen molar-refractivity contribution in [3.05, 3.63) is 64.1 Å². The largest absolute Gasteiger partial charge is 0.374 e. The molecule has 0 atom stereocenters. The maximum absolute atomic E-state index is 5.69. The van der Waals surface area contributed by atoms with Gasteiger partial charge in [-0.05, 0) is 52.1 Å². The normalized spacial score (nSPS) is 11.7. The van der Waals surface area contributed by atoms with Gasteiger partial charge in [-0.15, -0.1) is 0 Å². The molecule has 1 heterocycles. The van der Waals surface area contributed by atoms with Gasteiger partial charge in [-0.25, -0.2) is 4.98 Å². The highest BCUT2D eigenvalue weighted by Crippen LogP contribution is 2.32. The highest BCUT2D eigenvalue weighted by Gasteiger charge is 2.22. The number of hydrogen-bond donors (Lipinski definition) is 0. The van der Waals surface area contributed by atoms with E-state index in [4.69, 9.17) is 9.72 Å². The molecule has 1 aromatic heterocycles. The second-order valence-electron chi connectivity index (χ2n) is 7.90. The highest BCUT2D eigenvalue weighted by molar-refractivity contribution is 14.1. The van der Waals surface area contributed by atoms with Crippen LogP contribution >= 0.6 is 22.6 Å². The molecule has 0 bridgehead atoms. The van der Waals surface area contributed by atoms with Gasteiger partial charge in [0, 0.05) is 18.7 Å². The maximum atomic E-state index is 5.69. The Bertz CT molecular complexity index is 894.